The van der Waals surface area contributed by atoms with Crippen LogP contribution >= 0.6 is 0 Å². The van der Waals surface area contributed by atoms with Crippen molar-refractivity contribution in [1.29, 1.82) is 5.26 Å². The molecule has 2 rings (SSSR count). The van der Waals surface area contributed by atoms with Crippen molar-refractivity contribution >= 4 is 11.8 Å². The third-order valence-corrected chi connectivity index (χ3v) is 3.88. The predicted molar refractivity (Wildman–Crippen MR) is 90.5 cm³/mol. The zero-order valence-corrected chi connectivity index (χ0v) is 14.4. The molecule has 1 aliphatic rings. The minimum Gasteiger partial charge on any atom is -0.444 e. The summed E-state index contributed by atoms with van der Waals surface area (Å²) in [5, 5.41) is 8.96. The van der Waals surface area contributed by atoms with Crippen molar-refractivity contribution in [3.05, 3.63) is 29.8 Å². The number of hydrogen-bond donors (Lipinski definition) is 0. The second-order valence-electron chi connectivity index (χ2n) is 6.90. The molecule has 0 saturated carbocycles. The Morgan fingerprint density at radius 1 is 1.17 bits per heavy atom. The number of amides is 1. The summed E-state index contributed by atoms with van der Waals surface area (Å²) in [5.74, 6) is -0.0898. The number of ether oxygens (including phenoxy) is 1. The van der Waals surface area contributed by atoms with Crippen LogP contribution in [0, 0.1) is 11.3 Å². The summed E-state index contributed by atoms with van der Waals surface area (Å²) in [6.07, 6.45) is -0.240. The topological polar surface area (TPSA) is 56.6 Å². The molecule has 0 aromatic heterocycles. The standard InChI is InChI=1S/C18H25N3O2/c1-14(13-19)15-5-7-16(8-6-15)20-9-11-21(12-10-20)17(22)23-18(2,3)4/h5-8,14H,9-12H2,1-4H3. The first-order valence-electron chi connectivity index (χ1n) is 8.02. The Balaban J connectivity index is 1.92. The fourth-order valence-electron chi connectivity index (χ4n) is 2.52. The monoisotopic (exact) mass is 315 g/mol. The van der Waals surface area contributed by atoms with Crippen molar-refractivity contribution in [1.82, 2.24) is 4.90 Å². The van der Waals surface area contributed by atoms with E-state index in [1.807, 2.05) is 52.0 Å². The number of nitriles is 1. The molecular weight excluding hydrogens is 290 g/mol. The van der Waals surface area contributed by atoms with E-state index in [9.17, 15) is 4.79 Å². The van der Waals surface area contributed by atoms with E-state index < -0.39 is 5.60 Å². The van der Waals surface area contributed by atoms with Gasteiger partial charge in [0, 0.05) is 31.9 Å². The molecule has 0 aliphatic carbocycles. The lowest BCUT2D eigenvalue weighted by Crippen LogP contribution is -2.50. The fraction of sp³-hybridized carbons (Fsp3) is 0.556. The van der Waals surface area contributed by atoms with E-state index in [0.717, 1.165) is 24.3 Å². The zero-order chi connectivity index (χ0) is 17.0. The minimum atomic E-state index is -0.457. The summed E-state index contributed by atoms with van der Waals surface area (Å²) in [6.45, 7) is 10.4. The maximum Gasteiger partial charge on any atom is 0.410 e. The molecule has 1 saturated heterocycles. The molecule has 5 nitrogen and oxygen atoms in total. The number of anilines is 1. The molecule has 124 valence electrons. The lowest BCUT2D eigenvalue weighted by Gasteiger charge is -2.36. The summed E-state index contributed by atoms with van der Waals surface area (Å²) in [6, 6.07) is 10.3. The van der Waals surface area contributed by atoms with Crippen molar-refractivity contribution in [2.24, 2.45) is 0 Å². The molecule has 1 aliphatic heterocycles. The number of carbonyl (C=O) groups is 1. The Morgan fingerprint density at radius 3 is 2.22 bits per heavy atom. The Hall–Kier alpha value is -2.22. The van der Waals surface area contributed by atoms with E-state index in [-0.39, 0.29) is 12.0 Å². The van der Waals surface area contributed by atoms with Gasteiger partial charge in [-0.05, 0) is 45.4 Å². The van der Waals surface area contributed by atoms with Crippen LogP contribution in [0.2, 0.25) is 0 Å². The summed E-state index contributed by atoms with van der Waals surface area (Å²) in [4.78, 5) is 16.1. The summed E-state index contributed by atoms with van der Waals surface area (Å²) in [7, 11) is 0. The maximum absolute atomic E-state index is 12.1. The number of nitrogens with zero attached hydrogens (tertiary/aromatic N) is 3. The zero-order valence-electron chi connectivity index (χ0n) is 14.4. The van der Waals surface area contributed by atoms with Gasteiger partial charge in [-0.2, -0.15) is 5.26 Å². The minimum absolute atomic E-state index is 0.0898. The van der Waals surface area contributed by atoms with Gasteiger partial charge in [-0.3, -0.25) is 0 Å². The molecule has 1 unspecified atom stereocenters. The highest BCUT2D eigenvalue weighted by Crippen LogP contribution is 2.21. The molecule has 0 N–H and O–H groups in total. The second kappa shape index (κ2) is 6.91. The van der Waals surface area contributed by atoms with Gasteiger partial charge < -0.3 is 14.5 Å². The Bertz CT molecular complexity index is 576. The highest BCUT2D eigenvalue weighted by molar-refractivity contribution is 5.68. The van der Waals surface area contributed by atoms with Crippen molar-refractivity contribution in [3.63, 3.8) is 0 Å². The Labute approximate surface area is 138 Å². The van der Waals surface area contributed by atoms with Gasteiger partial charge in [0.05, 0.1) is 12.0 Å². The highest BCUT2D eigenvalue weighted by Gasteiger charge is 2.25. The molecule has 1 aromatic rings. The van der Waals surface area contributed by atoms with Crippen LogP contribution in [0.4, 0.5) is 10.5 Å². The molecule has 1 atom stereocenters. The van der Waals surface area contributed by atoms with Gasteiger partial charge in [-0.15, -0.1) is 0 Å². The van der Waals surface area contributed by atoms with E-state index in [2.05, 4.69) is 11.0 Å². The Morgan fingerprint density at radius 2 is 1.74 bits per heavy atom. The molecule has 23 heavy (non-hydrogen) atoms. The number of rotatable bonds is 2. The summed E-state index contributed by atoms with van der Waals surface area (Å²) >= 11 is 0. The SMILES string of the molecule is CC(C#N)c1ccc(N2CCN(C(=O)OC(C)(C)C)CC2)cc1. The molecule has 5 heteroatoms. The van der Waals surface area contributed by atoms with Gasteiger partial charge in [0.25, 0.3) is 0 Å². The first kappa shape index (κ1) is 17.1. The number of piperazine rings is 1. The largest absolute Gasteiger partial charge is 0.444 e. The number of benzene rings is 1. The second-order valence-corrected chi connectivity index (χ2v) is 6.90. The van der Waals surface area contributed by atoms with Crippen LogP contribution in [0.15, 0.2) is 24.3 Å². The van der Waals surface area contributed by atoms with Crippen LogP contribution in [-0.4, -0.2) is 42.8 Å². The van der Waals surface area contributed by atoms with Gasteiger partial charge in [-0.1, -0.05) is 12.1 Å². The fourth-order valence-corrected chi connectivity index (χ4v) is 2.52. The van der Waals surface area contributed by atoms with Crippen LogP contribution in [0.1, 0.15) is 39.2 Å². The van der Waals surface area contributed by atoms with Crippen LogP contribution in [0.25, 0.3) is 0 Å². The molecule has 0 spiro atoms. The van der Waals surface area contributed by atoms with Crippen molar-refractivity contribution in [2.45, 2.75) is 39.2 Å². The molecule has 1 aromatic carbocycles. The van der Waals surface area contributed by atoms with Crippen molar-refractivity contribution in [3.8, 4) is 6.07 Å². The van der Waals surface area contributed by atoms with E-state index >= 15 is 0 Å². The predicted octanol–water partition coefficient (Wildman–Crippen LogP) is 3.37. The summed E-state index contributed by atoms with van der Waals surface area (Å²) < 4.78 is 5.41. The maximum atomic E-state index is 12.1. The van der Waals surface area contributed by atoms with E-state index in [0.29, 0.717) is 13.1 Å². The number of carbonyl (C=O) groups excluding carboxylic acids is 1. The lowest BCUT2D eigenvalue weighted by atomic mass is 10.0. The average Bonchev–Trinajstić information content (AvgIpc) is 2.53. The lowest BCUT2D eigenvalue weighted by molar-refractivity contribution is 0.0240. The first-order valence-corrected chi connectivity index (χ1v) is 8.02. The highest BCUT2D eigenvalue weighted by atomic mass is 16.6. The summed E-state index contributed by atoms with van der Waals surface area (Å²) in [5.41, 5.74) is 1.70. The molecule has 1 fully saturated rings. The quantitative estimate of drug-likeness (QED) is 0.839. The van der Waals surface area contributed by atoms with Crippen LogP contribution in [-0.2, 0) is 4.74 Å². The van der Waals surface area contributed by atoms with E-state index in [4.69, 9.17) is 10.00 Å². The Kier molecular flexibility index (Phi) is 5.15. The van der Waals surface area contributed by atoms with Gasteiger partial charge >= 0.3 is 6.09 Å². The van der Waals surface area contributed by atoms with Gasteiger partial charge in [-0.25, -0.2) is 4.79 Å². The van der Waals surface area contributed by atoms with Crippen LogP contribution in [0.5, 0.6) is 0 Å². The third-order valence-electron chi connectivity index (χ3n) is 3.88. The van der Waals surface area contributed by atoms with E-state index in [1.54, 1.807) is 4.90 Å². The smallest absolute Gasteiger partial charge is 0.410 e. The normalized spacial score (nSPS) is 16.7. The van der Waals surface area contributed by atoms with Gasteiger partial charge in [0.1, 0.15) is 5.60 Å². The van der Waals surface area contributed by atoms with E-state index in [1.165, 1.54) is 0 Å². The number of hydrogen-bond acceptors (Lipinski definition) is 4. The van der Waals surface area contributed by atoms with Crippen LogP contribution < -0.4 is 4.90 Å². The third kappa shape index (κ3) is 4.62. The van der Waals surface area contributed by atoms with Gasteiger partial charge in [0.2, 0.25) is 0 Å². The first-order chi connectivity index (χ1) is 10.8. The van der Waals surface area contributed by atoms with Crippen molar-refractivity contribution in [2.75, 3.05) is 31.1 Å². The molecule has 0 radical (unpaired) electrons. The van der Waals surface area contributed by atoms with Crippen LogP contribution in [0.3, 0.4) is 0 Å². The average molecular weight is 315 g/mol. The molecular formula is C18H25N3O2. The van der Waals surface area contributed by atoms with Crippen molar-refractivity contribution < 1.29 is 9.53 Å². The molecule has 1 heterocycles. The molecule has 0 bridgehead atoms. The molecule has 1 amide bonds. The van der Waals surface area contributed by atoms with Gasteiger partial charge in [0.15, 0.2) is 0 Å².